The van der Waals surface area contributed by atoms with Gasteiger partial charge in [-0.15, -0.1) is 0 Å². The van der Waals surface area contributed by atoms with E-state index in [1.54, 1.807) is 30.5 Å². The van der Waals surface area contributed by atoms with E-state index >= 15 is 0 Å². The predicted molar refractivity (Wildman–Crippen MR) is 117 cm³/mol. The molecule has 2 atom stereocenters. The van der Waals surface area contributed by atoms with Crippen molar-refractivity contribution >= 4 is 17.5 Å². The molecule has 0 bridgehead atoms. The summed E-state index contributed by atoms with van der Waals surface area (Å²) in [7, 11) is 0. The van der Waals surface area contributed by atoms with Crippen molar-refractivity contribution in [2.24, 2.45) is 5.92 Å². The molecule has 7 nitrogen and oxygen atoms in total. The number of nitrogens with zero attached hydrogens (tertiary/aromatic N) is 1. The van der Waals surface area contributed by atoms with Crippen LogP contribution >= 0.6 is 0 Å². The van der Waals surface area contributed by atoms with E-state index in [-0.39, 0.29) is 17.9 Å². The van der Waals surface area contributed by atoms with Crippen LogP contribution in [0.5, 0.6) is 5.75 Å². The number of rotatable bonds is 7. The number of pyridine rings is 1. The Hall–Kier alpha value is -2.93. The van der Waals surface area contributed by atoms with Gasteiger partial charge >= 0.3 is 0 Å². The summed E-state index contributed by atoms with van der Waals surface area (Å²) in [6.45, 7) is 2.52. The molecule has 0 unspecified atom stereocenters. The number of aromatic nitrogens is 1. The van der Waals surface area contributed by atoms with Gasteiger partial charge in [-0.1, -0.05) is 18.9 Å². The maximum absolute atomic E-state index is 12.8. The Labute approximate surface area is 182 Å². The second-order valence-corrected chi connectivity index (χ2v) is 8.58. The summed E-state index contributed by atoms with van der Waals surface area (Å²) < 4.78 is 5.71. The standard InChI is InChI=1S/C24H29N3O4/c1-15-6-9-17(23(29)26-20-4-2-3-5-22(20)28)11-21(15)27-24(30)18-10-19(13-25-12-18)31-14-16-7-8-16/h6,9-13,16,20,22,28H,2-5,7-8,14H2,1H3,(H,26,29)(H,27,30)/t20-,22-/m0/s1. The zero-order valence-electron chi connectivity index (χ0n) is 17.8. The normalized spacial score (nSPS) is 20.7. The Morgan fingerprint density at radius 1 is 1.06 bits per heavy atom. The number of hydrogen-bond donors (Lipinski definition) is 3. The third-order valence-electron chi connectivity index (χ3n) is 5.95. The average molecular weight is 424 g/mol. The van der Waals surface area contributed by atoms with Crippen molar-refractivity contribution in [3.8, 4) is 5.75 Å². The van der Waals surface area contributed by atoms with E-state index in [2.05, 4.69) is 15.6 Å². The molecule has 0 saturated heterocycles. The molecule has 0 spiro atoms. The predicted octanol–water partition coefficient (Wildman–Crippen LogP) is 3.46. The fourth-order valence-electron chi connectivity index (χ4n) is 3.74. The number of ether oxygens (including phenoxy) is 1. The number of amides is 2. The first-order valence-electron chi connectivity index (χ1n) is 11.0. The molecule has 2 aliphatic carbocycles. The highest BCUT2D eigenvalue weighted by atomic mass is 16.5. The van der Waals surface area contributed by atoms with Gasteiger partial charge in [0.1, 0.15) is 5.75 Å². The Bertz CT molecular complexity index is 958. The molecule has 7 heteroatoms. The Kier molecular flexibility index (Phi) is 6.51. The minimum absolute atomic E-state index is 0.231. The van der Waals surface area contributed by atoms with E-state index in [0.717, 1.165) is 24.8 Å². The summed E-state index contributed by atoms with van der Waals surface area (Å²) in [5.41, 5.74) is 2.24. The van der Waals surface area contributed by atoms with Gasteiger partial charge in [0.05, 0.1) is 30.5 Å². The number of carbonyl (C=O) groups excluding carboxylic acids is 2. The van der Waals surface area contributed by atoms with Crippen LogP contribution in [0.4, 0.5) is 5.69 Å². The van der Waals surface area contributed by atoms with Gasteiger partial charge in [0.25, 0.3) is 11.8 Å². The van der Waals surface area contributed by atoms with Crippen molar-refractivity contribution in [3.63, 3.8) is 0 Å². The molecule has 2 amide bonds. The topological polar surface area (TPSA) is 101 Å². The van der Waals surface area contributed by atoms with Crippen LogP contribution < -0.4 is 15.4 Å². The number of anilines is 1. The number of aliphatic hydroxyl groups excluding tert-OH is 1. The van der Waals surface area contributed by atoms with Gasteiger partial charge < -0.3 is 20.5 Å². The zero-order chi connectivity index (χ0) is 21.8. The SMILES string of the molecule is Cc1ccc(C(=O)N[C@H]2CCCC[C@@H]2O)cc1NC(=O)c1cncc(OCC2CC2)c1. The van der Waals surface area contributed by atoms with Gasteiger partial charge in [-0.25, -0.2) is 0 Å². The van der Waals surface area contributed by atoms with E-state index in [1.165, 1.54) is 19.0 Å². The number of benzene rings is 1. The van der Waals surface area contributed by atoms with Crippen LogP contribution in [0.25, 0.3) is 0 Å². The first-order chi connectivity index (χ1) is 15.0. The summed E-state index contributed by atoms with van der Waals surface area (Å²) in [5, 5.41) is 15.9. The van der Waals surface area contributed by atoms with Gasteiger partial charge in [0, 0.05) is 17.4 Å². The van der Waals surface area contributed by atoms with Crippen LogP contribution in [0, 0.1) is 12.8 Å². The largest absolute Gasteiger partial charge is 0.492 e. The van der Waals surface area contributed by atoms with Crippen molar-refractivity contribution in [2.45, 2.75) is 57.6 Å². The van der Waals surface area contributed by atoms with Gasteiger partial charge in [0.2, 0.25) is 0 Å². The summed E-state index contributed by atoms with van der Waals surface area (Å²) in [6.07, 6.45) is 8.43. The summed E-state index contributed by atoms with van der Waals surface area (Å²) in [5.74, 6) is 0.630. The molecule has 0 aliphatic heterocycles. The fourth-order valence-corrected chi connectivity index (χ4v) is 3.74. The lowest BCUT2D eigenvalue weighted by atomic mass is 9.92. The van der Waals surface area contributed by atoms with Crippen LogP contribution in [0.2, 0.25) is 0 Å². The smallest absolute Gasteiger partial charge is 0.257 e. The van der Waals surface area contributed by atoms with Gasteiger partial charge in [-0.3, -0.25) is 14.6 Å². The molecule has 1 aromatic heterocycles. The minimum atomic E-state index is -0.510. The van der Waals surface area contributed by atoms with Gasteiger partial charge in [0.15, 0.2) is 0 Å². The lowest BCUT2D eigenvalue weighted by Crippen LogP contribution is -2.45. The molecule has 164 valence electrons. The lowest BCUT2D eigenvalue weighted by Gasteiger charge is -2.28. The molecular formula is C24H29N3O4. The van der Waals surface area contributed by atoms with Crippen molar-refractivity contribution in [1.82, 2.24) is 10.3 Å². The third kappa shape index (κ3) is 5.61. The number of aliphatic hydroxyl groups is 1. The number of nitrogens with one attached hydrogen (secondary N) is 2. The highest BCUT2D eigenvalue weighted by Gasteiger charge is 2.25. The maximum Gasteiger partial charge on any atom is 0.257 e. The molecule has 4 rings (SSSR count). The first kappa shape index (κ1) is 21.3. The Balaban J connectivity index is 1.42. The van der Waals surface area contributed by atoms with E-state index in [9.17, 15) is 14.7 Å². The molecule has 2 aliphatic rings. The van der Waals surface area contributed by atoms with E-state index < -0.39 is 6.10 Å². The maximum atomic E-state index is 12.8. The molecule has 3 N–H and O–H groups in total. The van der Waals surface area contributed by atoms with Crippen LogP contribution in [0.1, 0.15) is 64.8 Å². The fraction of sp³-hybridized carbons (Fsp3) is 0.458. The van der Waals surface area contributed by atoms with Gasteiger partial charge in [-0.2, -0.15) is 0 Å². The van der Waals surface area contributed by atoms with Crippen molar-refractivity contribution < 1.29 is 19.4 Å². The highest BCUT2D eigenvalue weighted by molar-refractivity contribution is 6.05. The highest BCUT2D eigenvalue weighted by Crippen LogP contribution is 2.29. The summed E-state index contributed by atoms with van der Waals surface area (Å²) in [4.78, 5) is 29.6. The van der Waals surface area contributed by atoms with E-state index in [0.29, 0.717) is 41.5 Å². The van der Waals surface area contributed by atoms with Crippen molar-refractivity contribution in [3.05, 3.63) is 53.3 Å². The molecular weight excluding hydrogens is 394 g/mol. The molecule has 2 saturated carbocycles. The van der Waals surface area contributed by atoms with Gasteiger partial charge in [-0.05, 0) is 62.3 Å². The molecule has 0 radical (unpaired) electrons. The minimum Gasteiger partial charge on any atom is -0.492 e. The van der Waals surface area contributed by atoms with Crippen molar-refractivity contribution in [2.75, 3.05) is 11.9 Å². The monoisotopic (exact) mass is 423 g/mol. The van der Waals surface area contributed by atoms with Crippen LogP contribution in [0.3, 0.4) is 0 Å². The Morgan fingerprint density at radius 2 is 1.87 bits per heavy atom. The first-order valence-corrected chi connectivity index (χ1v) is 11.0. The number of aryl methyl sites for hydroxylation is 1. The second kappa shape index (κ2) is 9.47. The number of hydrogen-bond acceptors (Lipinski definition) is 5. The van der Waals surface area contributed by atoms with Crippen LogP contribution in [-0.4, -0.2) is 40.7 Å². The zero-order valence-corrected chi connectivity index (χ0v) is 17.8. The summed E-state index contributed by atoms with van der Waals surface area (Å²) >= 11 is 0. The summed E-state index contributed by atoms with van der Waals surface area (Å²) in [6, 6.07) is 6.64. The van der Waals surface area contributed by atoms with Crippen LogP contribution in [-0.2, 0) is 0 Å². The quantitative estimate of drug-likeness (QED) is 0.633. The molecule has 1 heterocycles. The Morgan fingerprint density at radius 3 is 2.65 bits per heavy atom. The molecule has 31 heavy (non-hydrogen) atoms. The molecule has 1 aromatic carbocycles. The van der Waals surface area contributed by atoms with E-state index in [4.69, 9.17) is 4.74 Å². The third-order valence-corrected chi connectivity index (χ3v) is 5.95. The lowest BCUT2D eigenvalue weighted by molar-refractivity contribution is 0.0717. The average Bonchev–Trinajstić information content (AvgIpc) is 3.60. The van der Waals surface area contributed by atoms with Crippen molar-refractivity contribution in [1.29, 1.82) is 0 Å². The molecule has 2 aromatic rings. The van der Waals surface area contributed by atoms with Crippen LogP contribution in [0.15, 0.2) is 36.7 Å². The second-order valence-electron chi connectivity index (χ2n) is 8.58. The van der Waals surface area contributed by atoms with E-state index in [1.807, 2.05) is 6.92 Å². The molecule has 2 fully saturated rings. The number of carbonyl (C=O) groups is 2.